The molecule has 8 nitrogen and oxygen atoms in total. The topological polar surface area (TPSA) is 114 Å². The number of sulfonamides is 1. The van der Waals surface area contributed by atoms with Crippen LogP contribution in [0, 0.1) is 19.8 Å². The van der Waals surface area contributed by atoms with Crippen LogP contribution in [0.3, 0.4) is 0 Å². The highest BCUT2D eigenvalue weighted by molar-refractivity contribution is 7.89. The lowest BCUT2D eigenvalue weighted by molar-refractivity contribution is -0.123. The van der Waals surface area contributed by atoms with Crippen LogP contribution >= 0.6 is 0 Å². The summed E-state index contributed by atoms with van der Waals surface area (Å²) in [5.41, 5.74) is 5.16. The molecule has 0 spiro atoms. The number of benzene rings is 1. The number of aromatic nitrogens is 1. The molecule has 1 aliphatic heterocycles. The number of primary sulfonamides is 1. The minimum atomic E-state index is -3.79. The van der Waals surface area contributed by atoms with Gasteiger partial charge in [-0.25, -0.2) is 13.6 Å². The SMILES string of the molecule is Cc1ccc(C)n1NC(=O)C1CC(=O)N(c2ccc(S(N)(=O)=O)cc2)C1. The van der Waals surface area contributed by atoms with E-state index in [9.17, 15) is 18.0 Å². The van der Waals surface area contributed by atoms with Crippen LogP contribution in [-0.2, 0) is 19.6 Å². The van der Waals surface area contributed by atoms with E-state index in [4.69, 9.17) is 5.14 Å². The summed E-state index contributed by atoms with van der Waals surface area (Å²) in [6.07, 6.45) is 0.0993. The molecule has 0 radical (unpaired) electrons. The van der Waals surface area contributed by atoms with Crippen molar-refractivity contribution in [3.63, 3.8) is 0 Å². The van der Waals surface area contributed by atoms with Crippen molar-refractivity contribution in [1.29, 1.82) is 0 Å². The van der Waals surface area contributed by atoms with Gasteiger partial charge in [0.2, 0.25) is 21.8 Å². The van der Waals surface area contributed by atoms with Crippen molar-refractivity contribution in [2.45, 2.75) is 25.2 Å². The molecule has 9 heteroatoms. The Balaban J connectivity index is 1.73. The Morgan fingerprint density at radius 3 is 2.23 bits per heavy atom. The van der Waals surface area contributed by atoms with Crippen molar-refractivity contribution in [2.24, 2.45) is 11.1 Å². The predicted octanol–water partition coefficient (Wildman–Crippen LogP) is 0.876. The molecule has 1 unspecified atom stereocenters. The first-order valence-electron chi connectivity index (χ1n) is 8.06. The Morgan fingerprint density at radius 1 is 1.12 bits per heavy atom. The van der Waals surface area contributed by atoms with Gasteiger partial charge < -0.3 is 4.90 Å². The van der Waals surface area contributed by atoms with Crippen molar-refractivity contribution in [3.8, 4) is 0 Å². The first-order chi connectivity index (χ1) is 12.2. The van der Waals surface area contributed by atoms with E-state index < -0.39 is 15.9 Å². The molecule has 2 amide bonds. The predicted molar refractivity (Wildman–Crippen MR) is 96.5 cm³/mol. The van der Waals surface area contributed by atoms with Crippen molar-refractivity contribution in [3.05, 3.63) is 47.8 Å². The minimum Gasteiger partial charge on any atom is -0.312 e. The summed E-state index contributed by atoms with van der Waals surface area (Å²) in [5, 5.41) is 5.07. The summed E-state index contributed by atoms with van der Waals surface area (Å²) in [6.45, 7) is 4.00. The molecule has 0 saturated carbocycles. The number of amides is 2. The number of hydrogen-bond acceptors (Lipinski definition) is 4. The summed E-state index contributed by atoms with van der Waals surface area (Å²) >= 11 is 0. The summed E-state index contributed by atoms with van der Waals surface area (Å²) in [6, 6.07) is 9.51. The summed E-state index contributed by atoms with van der Waals surface area (Å²) in [4.78, 5) is 26.3. The zero-order chi connectivity index (χ0) is 19.1. The summed E-state index contributed by atoms with van der Waals surface area (Å²) in [7, 11) is -3.79. The molecule has 26 heavy (non-hydrogen) atoms. The van der Waals surface area contributed by atoms with E-state index in [2.05, 4.69) is 5.43 Å². The third-order valence-corrected chi connectivity index (χ3v) is 5.40. The van der Waals surface area contributed by atoms with Gasteiger partial charge in [0.05, 0.1) is 10.8 Å². The van der Waals surface area contributed by atoms with Gasteiger partial charge in [-0.1, -0.05) is 0 Å². The van der Waals surface area contributed by atoms with Crippen LogP contribution in [0.15, 0.2) is 41.3 Å². The maximum absolute atomic E-state index is 12.5. The Labute approximate surface area is 151 Å². The first kappa shape index (κ1) is 18.2. The standard InChI is InChI=1S/C17H20N4O4S/c1-11-3-4-12(2)21(11)19-17(23)13-9-16(22)20(10-13)14-5-7-15(8-6-14)26(18,24)25/h3-8,13H,9-10H2,1-2H3,(H,19,23)(H2,18,24,25). The lowest BCUT2D eigenvalue weighted by Crippen LogP contribution is -2.32. The van der Waals surface area contributed by atoms with E-state index in [-0.39, 0.29) is 29.7 Å². The van der Waals surface area contributed by atoms with Crippen LogP contribution in [0.2, 0.25) is 0 Å². The number of nitrogens with two attached hydrogens (primary N) is 1. The van der Waals surface area contributed by atoms with Gasteiger partial charge in [-0.2, -0.15) is 0 Å². The highest BCUT2D eigenvalue weighted by Crippen LogP contribution is 2.26. The molecule has 2 aromatic rings. The first-order valence-corrected chi connectivity index (χ1v) is 9.60. The molecular formula is C17H20N4O4S. The van der Waals surface area contributed by atoms with Gasteiger partial charge in [0, 0.05) is 30.0 Å². The van der Waals surface area contributed by atoms with E-state index in [0.29, 0.717) is 5.69 Å². The van der Waals surface area contributed by atoms with Crippen LogP contribution in [0.5, 0.6) is 0 Å². The Morgan fingerprint density at radius 2 is 1.69 bits per heavy atom. The molecule has 1 saturated heterocycles. The normalized spacial score (nSPS) is 17.6. The average molecular weight is 376 g/mol. The van der Waals surface area contributed by atoms with Gasteiger partial charge in [-0.15, -0.1) is 0 Å². The van der Waals surface area contributed by atoms with Gasteiger partial charge in [-0.3, -0.25) is 19.7 Å². The summed E-state index contributed by atoms with van der Waals surface area (Å²) < 4.78 is 24.3. The number of hydrogen-bond donors (Lipinski definition) is 2. The smallest absolute Gasteiger partial charge is 0.244 e. The highest BCUT2D eigenvalue weighted by atomic mass is 32.2. The second-order valence-corrected chi connectivity index (χ2v) is 7.93. The molecule has 3 N–H and O–H groups in total. The maximum Gasteiger partial charge on any atom is 0.244 e. The number of nitrogens with one attached hydrogen (secondary N) is 1. The van der Waals surface area contributed by atoms with Gasteiger partial charge >= 0.3 is 0 Å². The van der Waals surface area contributed by atoms with E-state index in [1.807, 2.05) is 26.0 Å². The zero-order valence-corrected chi connectivity index (χ0v) is 15.3. The monoisotopic (exact) mass is 376 g/mol. The fraction of sp³-hybridized carbons (Fsp3) is 0.294. The van der Waals surface area contributed by atoms with E-state index >= 15 is 0 Å². The van der Waals surface area contributed by atoms with Crippen LogP contribution in [0.4, 0.5) is 5.69 Å². The Bertz CT molecular complexity index is 944. The Hall–Kier alpha value is -2.65. The molecule has 0 bridgehead atoms. The molecule has 1 aromatic heterocycles. The third kappa shape index (κ3) is 3.49. The zero-order valence-electron chi connectivity index (χ0n) is 14.5. The largest absolute Gasteiger partial charge is 0.312 e. The third-order valence-electron chi connectivity index (χ3n) is 4.47. The second-order valence-electron chi connectivity index (χ2n) is 6.37. The highest BCUT2D eigenvalue weighted by Gasteiger charge is 2.35. The molecule has 2 heterocycles. The molecule has 3 rings (SSSR count). The molecule has 1 atom stereocenters. The second kappa shape index (κ2) is 6.58. The van der Waals surface area contributed by atoms with E-state index in [0.717, 1.165) is 11.4 Å². The molecule has 0 aliphatic carbocycles. The molecule has 138 valence electrons. The number of aryl methyl sites for hydroxylation is 2. The van der Waals surface area contributed by atoms with E-state index in [1.54, 1.807) is 4.68 Å². The number of anilines is 1. The van der Waals surface area contributed by atoms with Crippen LogP contribution in [-0.4, -0.2) is 31.5 Å². The summed E-state index contributed by atoms with van der Waals surface area (Å²) in [5.74, 6) is -0.902. The fourth-order valence-corrected chi connectivity index (χ4v) is 3.51. The van der Waals surface area contributed by atoms with Crippen LogP contribution < -0.4 is 15.5 Å². The maximum atomic E-state index is 12.5. The molecule has 1 aliphatic rings. The van der Waals surface area contributed by atoms with Crippen molar-refractivity contribution in [1.82, 2.24) is 4.68 Å². The van der Waals surface area contributed by atoms with Crippen LogP contribution in [0.1, 0.15) is 17.8 Å². The molecular weight excluding hydrogens is 356 g/mol. The van der Waals surface area contributed by atoms with Crippen LogP contribution in [0.25, 0.3) is 0 Å². The Kier molecular flexibility index (Phi) is 4.59. The van der Waals surface area contributed by atoms with Gasteiger partial charge in [-0.05, 0) is 50.2 Å². The molecule has 1 aromatic carbocycles. The fourth-order valence-electron chi connectivity index (χ4n) is 2.99. The average Bonchev–Trinajstić information content (AvgIpc) is 3.11. The van der Waals surface area contributed by atoms with Gasteiger partial charge in [0.15, 0.2) is 0 Å². The van der Waals surface area contributed by atoms with Crippen molar-refractivity contribution < 1.29 is 18.0 Å². The number of carbonyl (C=O) groups is 2. The quantitative estimate of drug-likeness (QED) is 0.824. The molecule has 1 fully saturated rings. The lowest BCUT2D eigenvalue weighted by Gasteiger charge is -2.18. The van der Waals surface area contributed by atoms with Gasteiger partial charge in [0.25, 0.3) is 0 Å². The number of rotatable bonds is 4. The van der Waals surface area contributed by atoms with E-state index in [1.165, 1.54) is 29.2 Å². The minimum absolute atomic E-state index is 0.0271. The van der Waals surface area contributed by atoms with Crippen molar-refractivity contribution >= 4 is 27.5 Å². The lowest BCUT2D eigenvalue weighted by atomic mass is 10.1. The van der Waals surface area contributed by atoms with Crippen molar-refractivity contribution in [2.75, 3.05) is 16.9 Å². The number of nitrogens with zero attached hydrogens (tertiary/aromatic N) is 2. The number of carbonyl (C=O) groups excluding carboxylic acids is 2. The van der Waals surface area contributed by atoms with Gasteiger partial charge in [0.1, 0.15) is 0 Å².